The molecule has 0 aromatic carbocycles. The molecule has 5 nitrogen and oxygen atoms in total. The van der Waals surface area contributed by atoms with Gasteiger partial charge in [0.15, 0.2) is 0 Å². The van der Waals surface area contributed by atoms with Crippen molar-refractivity contribution in [2.24, 2.45) is 0 Å². The maximum absolute atomic E-state index is 11.0. The Kier molecular flexibility index (Phi) is 3.18. The number of esters is 1. The standard InChI is InChI=1S/C7H7BrN2O3/c1-12-6-4(8)3-9-5(10-6)7(11)13-2/h3H,1-2H3. The summed E-state index contributed by atoms with van der Waals surface area (Å²) in [6, 6.07) is 0. The molecule has 0 aliphatic rings. The Labute approximate surface area is 83.2 Å². The molecule has 0 amide bonds. The van der Waals surface area contributed by atoms with Crippen LogP contribution in [0.5, 0.6) is 5.88 Å². The number of halogens is 1. The van der Waals surface area contributed by atoms with Crippen LogP contribution in [0.1, 0.15) is 10.6 Å². The Morgan fingerprint density at radius 2 is 2.23 bits per heavy atom. The molecule has 6 heteroatoms. The number of hydrogen-bond acceptors (Lipinski definition) is 5. The molecular weight excluding hydrogens is 240 g/mol. The van der Waals surface area contributed by atoms with Gasteiger partial charge in [0.1, 0.15) is 0 Å². The molecule has 0 aliphatic carbocycles. The minimum Gasteiger partial charge on any atom is -0.480 e. The molecular formula is C7H7BrN2O3. The lowest BCUT2D eigenvalue weighted by Gasteiger charge is -2.02. The Morgan fingerprint density at radius 1 is 1.54 bits per heavy atom. The first-order valence-electron chi connectivity index (χ1n) is 3.34. The Balaban J connectivity index is 3.06. The van der Waals surface area contributed by atoms with E-state index >= 15 is 0 Å². The molecule has 0 N–H and O–H groups in total. The summed E-state index contributed by atoms with van der Waals surface area (Å²) >= 11 is 3.16. The van der Waals surface area contributed by atoms with Crippen molar-refractivity contribution < 1.29 is 14.3 Å². The van der Waals surface area contributed by atoms with Crippen LogP contribution in [0, 0.1) is 0 Å². The molecule has 0 atom stereocenters. The molecule has 0 saturated carbocycles. The van der Waals surface area contributed by atoms with Crippen molar-refractivity contribution in [3.8, 4) is 5.88 Å². The van der Waals surface area contributed by atoms with E-state index in [4.69, 9.17) is 4.74 Å². The average Bonchev–Trinajstić information content (AvgIpc) is 2.17. The first-order valence-corrected chi connectivity index (χ1v) is 4.13. The lowest BCUT2D eigenvalue weighted by Crippen LogP contribution is -2.08. The van der Waals surface area contributed by atoms with Gasteiger partial charge in [-0.15, -0.1) is 0 Å². The van der Waals surface area contributed by atoms with Gasteiger partial charge < -0.3 is 9.47 Å². The highest BCUT2D eigenvalue weighted by atomic mass is 79.9. The smallest absolute Gasteiger partial charge is 0.376 e. The van der Waals surface area contributed by atoms with Crippen molar-refractivity contribution in [1.82, 2.24) is 9.97 Å². The molecule has 1 rings (SSSR count). The molecule has 0 radical (unpaired) electrons. The molecule has 1 heterocycles. The molecule has 1 aromatic heterocycles. The van der Waals surface area contributed by atoms with Gasteiger partial charge in [0.2, 0.25) is 11.7 Å². The number of nitrogens with zero attached hydrogens (tertiary/aromatic N) is 2. The van der Waals surface area contributed by atoms with E-state index in [1.54, 1.807) is 0 Å². The fourth-order valence-corrected chi connectivity index (χ4v) is 1.04. The summed E-state index contributed by atoms with van der Waals surface area (Å²) in [6.45, 7) is 0. The Morgan fingerprint density at radius 3 is 2.77 bits per heavy atom. The molecule has 0 bridgehead atoms. The highest BCUT2D eigenvalue weighted by Gasteiger charge is 2.12. The van der Waals surface area contributed by atoms with Crippen LogP contribution in [-0.4, -0.2) is 30.2 Å². The maximum atomic E-state index is 11.0. The van der Waals surface area contributed by atoms with Crippen molar-refractivity contribution in [3.63, 3.8) is 0 Å². The summed E-state index contributed by atoms with van der Waals surface area (Å²) in [6.07, 6.45) is 1.43. The number of ether oxygens (including phenoxy) is 2. The lowest BCUT2D eigenvalue weighted by atomic mass is 10.5. The fraction of sp³-hybridized carbons (Fsp3) is 0.286. The van der Waals surface area contributed by atoms with E-state index in [1.807, 2.05) is 0 Å². The van der Waals surface area contributed by atoms with E-state index in [1.165, 1.54) is 20.4 Å². The number of carbonyl (C=O) groups is 1. The molecule has 70 valence electrons. The van der Waals surface area contributed by atoms with Crippen molar-refractivity contribution in [2.45, 2.75) is 0 Å². The molecule has 0 spiro atoms. The monoisotopic (exact) mass is 246 g/mol. The third-order valence-electron chi connectivity index (χ3n) is 1.27. The highest BCUT2D eigenvalue weighted by Crippen LogP contribution is 2.20. The van der Waals surface area contributed by atoms with Crippen molar-refractivity contribution >= 4 is 21.9 Å². The van der Waals surface area contributed by atoms with Gasteiger partial charge in [-0.05, 0) is 15.9 Å². The summed E-state index contributed by atoms with van der Waals surface area (Å²) in [5.74, 6) is -0.316. The van der Waals surface area contributed by atoms with Crippen molar-refractivity contribution in [1.29, 1.82) is 0 Å². The van der Waals surface area contributed by atoms with Gasteiger partial charge in [0.05, 0.1) is 18.7 Å². The van der Waals surface area contributed by atoms with Gasteiger partial charge in [0.25, 0.3) is 0 Å². The number of aromatic nitrogens is 2. The van der Waals surface area contributed by atoms with Gasteiger partial charge in [-0.1, -0.05) is 0 Å². The first kappa shape index (κ1) is 9.91. The average molecular weight is 247 g/mol. The first-order chi connectivity index (χ1) is 6.19. The molecule has 1 aromatic rings. The fourth-order valence-electron chi connectivity index (χ4n) is 0.684. The quantitative estimate of drug-likeness (QED) is 0.730. The van der Waals surface area contributed by atoms with Crippen LogP contribution in [0.15, 0.2) is 10.7 Å². The van der Waals surface area contributed by atoms with E-state index in [2.05, 4.69) is 30.6 Å². The van der Waals surface area contributed by atoms with E-state index in [-0.39, 0.29) is 5.82 Å². The van der Waals surface area contributed by atoms with Gasteiger partial charge in [0, 0.05) is 6.20 Å². The lowest BCUT2D eigenvalue weighted by molar-refractivity contribution is 0.0585. The largest absolute Gasteiger partial charge is 0.480 e. The number of methoxy groups -OCH3 is 2. The predicted molar refractivity (Wildman–Crippen MR) is 47.6 cm³/mol. The Hall–Kier alpha value is -1.17. The predicted octanol–water partition coefficient (Wildman–Crippen LogP) is 1.03. The zero-order chi connectivity index (χ0) is 9.84. The second kappa shape index (κ2) is 4.18. The summed E-state index contributed by atoms with van der Waals surface area (Å²) in [5.41, 5.74) is 0. The van der Waals surface area contributed by atoms with Crippen molar-refractivity contribution in [2.75, 3.05) is 14.2 Å². The zero-order valence-corrected chi connectivity index (χ0v) is 8.66. The normalized spacial score (nSPS) is 9.46. The van der Waals surface area contributed by atoms with Crippen molar-refractivity contribution in [3.05, 3.63) is 16.5 Å². The van der Waals surface area contributed by atoms with Crippen LogP contribution in [0.25, 0.3) is 0 Å². The number of rotatable bonds is 2. The minimum atomic E-state index is -0.592. The molecule has 0 fully saturated rings. The SMILES string of the molecule is COC(=O)c1ncc(Br)c(OC)n1. The maximum Gasteiger partial charge on any atom is 0.376 e. The summed E-state index contributed by atoms with van der Waals surface area (Å²) in [4.78, 5) is 18.5. The topological polar surface area (TPSA) is 61.3 Å². The number of carbonyl (C=O) groups excluding carboxylic acids is 1. The molecule has 0 saturated heterocycles. The van der Waals surface area contributed by atoms with Crippen LogP contribution in [0.3, 0.4) is 0 Å². The van der Waals surface area contributed by atoms with Crippen LogP contribution in [-0.2, 0) is 4.74 Å². The van der Waals surface area contributed by atoms with E-state index in [9.17, 15) is 4.79 Å². The van der Waals surface area contributed by atoms with E-state index in [0.717, 1.165) is 0 Å². The van der Waals surface area contributed by atoms with E-state index < -0.39 is 5.97 Å². The van der Waals surface area contributed by atoms with Gasteiger partial charge in [-0.2, -0.15) is 4.98 Å². The second-order valence-electron chi connectivity index (χ2n) is 2.04. The summed E-state index contributed by atoms with van der Waals surface area (Å²) in [7, 11) is 2.72. The highest BCUT2D eigenvalue weighted by molar-refractivity contribution is 9.10. The van der Waals surface area contributed by atoms with E-state index in [0.29, 0.717) is 10.4 Å². The Bertz CT molecular complexity index is 330. The van der Waals surface area contributed by atoms with Crippen LogP contribution < -0.4 is 4.74 Å². The minimum absolute atomic E-state index is 0.0254. The van der Waals surface area contributed by atoms with Gasteiger partial charge in [-0.25, -0.2) is 9.78 Å². The zero-order valence-electron chi connectivity index (χ0n) is 7.07. The molecule has 13 heavy (non-hydrogen) atoms. The second-order valence-corrected chi connectivity index (χ2v) is 2.90. The molecule has 0 aliphatic heterocycles. The third kappa shape index (κ3) is 2.15. The summed E-state index contributed by atoms with van der Waals surface area (Å²) in [5, 5.41) is 0. The van der Waals surface area contributed by atoms with Crippen LogP contribution in [0.4, 0.5) is 0 Å². The van der Waals surface area contributed by atoms with Gasteiger partial charge >= 0.3 is 5.97 Å². The van der Waals surface area contributed by atoms with Gasteiger partial charge in [-0.3, -0.25) is 0 Å². The van der Waals surface area contributed by atoms with Crippen LogP contribution in [0.2, 0.25) is 0 Å². The number of hydrogen-bond donors (Lipinski definition) is 0. The van der Waals surface area contributed by atoms with Crippen LogP contribution >= 0.6 is 15.9 Å². The molecule has 0 unspecified atom stereocenters. The summed E-state index contributed by atoms with van der Waals surface area (Å²) < 4.78 is 9.90. The third-order valence-corrected chi connectivity index (χ3v) is 1.82.